The van der Waals surface area contributed by atoms with E-state index in [4.69, 9.17) is 11.6 Å². The van der Waals surface area contributed by atoms with Crippen molar-refractivity contribution in [3.8, 4) is 0 Å². The van der Waals surface area contributed by atoms with Crippen LogP contribution in [-0.4, -0.2) is 51.7 Å². The topological polar surface area (TPSA) is 41.4 Å². The molecule has 0 spiro atoms. The van der Waals surface area contributed by atoms with E-state index in [1.165, 1.54) is 5.56 Å². The van der Waals surface area contributed by atoms with Gasteiger partial charge in [0.1, 0.15) is 0 Å². The van der Waals surface area contributed by atoms with Crippen molar-refractivity contribution in [2.75, 3.05) is 26.2 Å². The van der Waals surface area contributed by atoms with Crippen molar-refractivity contribution in [1.82, 2.24) is 19.6 Å². The van der Waals surface area contributed by atoms with Gasteiger partial charge in [0.25, 0.3) is 5.91 Å². The van der Waals surface area contributed by atoms with Crippen LogP contribution in [-0.2, 0) is 13.6 Å². The van der Waals surface area contributed by atoms with Crippen LogP contribution < -0.4 is 0 Å². The second-order valence-electron chi connectivity index (χ2n) is 5.69. The van der Waals surface area contributed by atoms with E-state index in [0.29, 0.717) is 5.69 Å². The van der Waals surface area contributed by atoms with E-state index in [9.17, 15) is 4.79 Å². The highest BCUT2D eigenvalue weighted by Gasteiger charge is 2.25. The number of aryl methyl sites for hydroxylation is 1. The lowest BCUT2D eigenvalue weighted by molar-refractivity contribution is 0.0621. The third-order valence-electron chi connectivity index (χ3n) is 3.97. The van der Waals surface area contributed by atoms with Gasteiger partial charge in [0, 0.05) is 51.0 Å². The molecule has 23 heavy (non-hydrogen) atoms. The summed E-state index contributed by atoms with van der Waals surface area (Å²) in [5.74, 6) is -0.0105. The molecule has 0 aliphatic carbocycles. The summed E-state index contributed by atoms with van der Waals surface area (Å²) >= 11 is 9.31. The second-order valence-corrected chi connectivity index (χ2v) is 6.98. The Balaban J connectivity index is 1.57. The normalized spacial score (nSPS) is 15.9. The Kier molecular flexibility index (Phi) is 5.04. The van der Waals surface area contributed by atoms with Crippen LogP contribution in [0.15, 0.2) is 34.9 Å². The zero-order chi connectivity index (χ0) is 16.4. The van der Waals surface area contributed by atoms with Crippen LogP contribution in [0.4, 0.5) is 0 Å². The van der Waals surface area contributed by atoms with Crippen molar-refractivity contribution in [3.05, 3.63) is 51.2 Å². The van der Waals surface area contributed by atoms with Crippen LogP contribution in [0, 0.1) is 0 Å². The van der Waals surface area contributed by atoms with Crippen LogP contribution in [0.25, 0.3) is 0 Å². The van der Waals surface area contributed by atoms with Gasteiger partial charge in [-0.2, -0.15) is 5.10 Å². The van der Waals surface area contributed by atoms with Gasteiger partial charge < -0.3 is 4.90 Å². The van der Waals surface area contributed by atoms with Crippen LogP contribution in [0.1, 0.15) is 16.1 Å². The van der Waals surface area contributed by atoms with E-state index in [1.54, 1.807) is 10.9 Å². The number of amides is 1. The van der Waals surface area contributed by atoms with E-state index < -0.39 is 0 Å². The number of carbonyl (C=O) groups excluding carboxylic acids is 1. The minimum Gasteiger partial charge on any atom is -0.335 e. The molecular weight excluding hydrogens is 380 g/mol. The molecule has 0 atom stereocenters. The van der Waals surface area contributed by atoms with Crippen molar-refractivity contribution in [1.29, 1.82) is 0 Å². The van der Waals surface area contributed by atoms with Gasteiger partial charge >= 0.3 is 0 Å². The summed E-state index contributed by atoms with van der Waals surface area (Å²) in [4.78, 5) is 16.7. The van der Waals surface area contributed by atoms with Crippen LogP contribution in [0.3, 0.4) is 0 Å². The summed E-state index contributed by atoms with van der Waals surface area (Å²) in [7, 11) is 1.81. The Labute approximate surface area is 148 Å². The number of carbonyl (C=O) groups is 1. The molecule has 0 radical (unpaired) electrons. The van der Waals surface area contributed by atoms with E-state index in [1.807, 2.05) is 36.2 Å². The number of aromatic nitrogens is 2. The molecule has 2 aromatic rings. The largest absolute Gasteiger partial charge is 0.335 e. The van der Waals surface area contributed by atoms with E-state index in [-0.39, 0.29) is 5.91 Å². The van der Waals surface area contributed by atoms with E-state index in [0.717, 1.165) is 42.2 Å². The average Bonchev–Trinajstić information content (AvgIpc) is 2.88. The first kappa shape index (κ1) is 16.5. The molecule has 122 valence electrons. The number of hydrogen-bond donors (Lipinski definition) is 0. The molecule has 3 rings (SSSR count). The first-order chi connectivity index (χ1) is 11.0. The minimum absolute atomic E-state index is 0.0105. The molecule has 1 aliphatic heterocycles. The fourth-order valence-corrected chi connectivity index (χ4v) is 3.38. The second kappa shape index (κ2) is 7.03. The predicted octanol–water partition coefficient (Wildman–Crippen LogP) is 2.79. The van der Waals surface area contributed by atoms with Gasteiger partial charge in [-0.25, -0.2) is 0 Å². The number of hydrogen-bond acceptors (Lipinski definition) is 3. The van der Waals surface area contributed by atoms with Crippen molar-refractivity contribution < 1.29 is 4.79 Å². The Morgan fingerprint density at radius 1 is 1.22 bits per heavy atom. The maximum absolute atomic E-state index is 12.5. The standard InChI is InChI=1S/C16H18BrClN4O/c1-20-11-14(17)15(19-20)16(23)22-8-6-21(7-9-22)10-12-2-4-13(18)5-3-12/h2-5,11H,6-10H2,1H3. The molecule has 2 heterocycles. The van der Waals surface area contributed by atoms with Crippen molar-refractivity contribution in [3.63, 3.8) is 0 Å². The molecular formula is C16H18BrClN4O. The summed E-state index contributed by atoms with van der Waals surface area (Å²) in [6, 6.07) is 7.92. The first-order valence-electron chi connectivity index (χ1n) is 7.48. The monoisotopic (exact) mass is 396 g/mol. The number of nitrogens with zero attached hydrogens (tertiary/aromatic N) is 4. The first-order valence-corrected chi connectivity index (χ1v) is 8.65. The van der Waals surface area contributed by atoms with E-state index >= 15 is 0 Å². The minimum atomic E-state index is -0.0105. The molecule has 1 aliphatic rings. The molecule has 0 saturated carbocycles. The smallest absolute Gasteiger partial charge is 0.275 e. The molecule has 0 N–H and O–H groups in total. The lowest BCUT2D eigenvalue weighted by atomic mass is 10.2. The van der Waals surface area contributed by atoms with Crippen molar-refractivity contribution in [2.24, 2.45) is 7.05 Å². The number of benzene rings is 1. The Bertz CT molecular complexity index is 693. The molecule has 0 unspecified atom stereocenters. The molecule has 1 aromatic heterocycles. The van der Waals surface area contributed by atoms with Crippen LogP contribution >= 0.6 is 27.5 Å². The zero-order valence-electron chi connectivity index (χ0n) is 12.9. The maximum Gasteiger partial charge on any atom is 0.275 e. The van der Waals surface area contributed by atoms with Crippen LogP contribution in [0.2, 0.25) is 5.02 Å². The summed E-state index contributed by atoms with van der Waals surface area (Å²) in [6.07, 6.45) is 1.80. The highest BCUT2D eigenvalue weighted by molar-refractivity contribution is 9.10. The number of rotatable bonds is 3. The fraction of sp³-hybridized carbons (Fsp3) is 0.375. The van der Waals surface area contributed by atoms with Gasteiger partial charge in [0.2, 0.25) is 0 Å². The van der Waals surface area contributed by atoms with Crippen molar-refractivity contribution >= 4 is 33.4 Å². The maximum atomic E-state index is 12.5. The van der Waals surface area contributed by atoms with Gasteiger partial charge in [0.05, 0.1) is 4.47 Å². The molecule has 7 heteroatoms. The molecule has 0 bridgehead atoms. The van der Waals surface area contributed by atoms with Gasteiger partial charge in [0.15, 0.2) is 5.69 Å². The Morgan fingerprint density at radius 3 is 2.43 bits per heavy atom. The lowest BCUT2D eigenvalue weighted by Gasteiger charge is -2.34. The van der Waals surface area contributed by atoms with Crippen LogP contribution in [0.5, 0.6) is 0 Å². The molecule has 1 fully saturated rings. The number of halogens is 2. The zero-order valence-corrected chi connectivity index (χ0v) is 15.2. The molecule has 1 amide bonds. The third-order valence-corrected chi connectivity index (χ3v) is 4.80. The quantitative estimate of drug-likeness (QED) is 0.800. The summed E-state index contributed by atoms with van der Waals surface area (Å²) in [5, 5.41) is 4.99. The summed E-state index contributed by atoms with van der Waals surface area (Å²) < 4.78 is 2.39. The SMILES string of the molecule is Cn1cc(Br)c(C(=O)N2CCN(Cc3ccc(Cl)cc3)CC2)n1. The number of piperazine rings is 1. The summed E-state index contributed by atoms with van der Waals surface area (Å²) in [6.45, 7) is 4.04. The molecule has 1 aromatic carbocycles. The Morgan fingerprint density at radius 2 is 1.87 bits per heavy atom. The molecule has 1 saturated heterocycles. The fourth-order valence-electron chi connectivity index (χ4n) is 2.71. The van der Waals surface area contributed by atoms with Gasteiger partial charge in [-0.1, -0.05) is 23.7 Å². The highest BCUT2D eigenvalue weighted by Crippen LogP contribution is 2.18. The Hall–Kier alpha value is -1.37. The third kappa shape index (κ3) is 3.94. The molecule has 5 nitrogen and oxygen atoms in total. The average molecular weight is 398 g/mol. The van der Waals surface area contributed by atoms with Crippen molar-refractivity contribution in [2.45, 2.75) is 6.54 Å². The lowest BCUT2D eigenvalue weighted by Crippen LogP contribution is -2.48. The highest BCUT2D eigenvalue weighted by atomic mass is 79.9. The summed E-state index contributed by atoms with van der Waals surface area (Å²) in [5.41, 5.74) is 1.72. The van der Waals surface area contributed by atoms with Gasteiger partial charge in [-0.3, -0.25) is 14.4 Å². The van der Waals surface area contributed by atoms with Gasteiger partial charge in [-0.15, -0.1) is 0 Å². The van der Waals surface area contributed by atoms with Gasteiger partial charge in [-0.05, 0) is 33.6 Å². The predicted molar refractivity (Wildman–Crippen MR) is 93.5 cm³/mol. The van der Waals surface area contributed by atoms with E-state index in [2.05, 4.69) is 25.9 Å².